The molecule has 3 rings (SSSR count). The Bertz CT molecular complexity index is 844. The summed E-state index contributed by atoms with van der Waals surface area (Å²) >= 11 is 0. The number of rotatable bonds is 3. The van der Waals surface area contributed by atoms with Crippen molar-refractivity contribution >= 4 is 17.2 Å². The minimum Gasteiger partial charge on any atom is -0.444 e. The van der Waals surface area contributed by atoms with Crippen LogP contribution in [0.5, 0.6) is 0 Å². The zero-order valence-electron chi connectivity index (χ0n) is 16.1. The van der Waals surface area contributed by atoms with E-state index in [0.29, 0.717) is 13.2 Å². The lowest BCUT2D eigenvalue weighted by Gasteiger charge is -2.27. The third kappa shape index (κ3) is 3.90. The molecule has 0 saturated carbocycles. The van der Waals surface area contributed by atoms with E-state index < -0.39 is 17.2 Å². The summed E-state index contributed by atoms with van der Waals surface area (Å²) in [5.41, 5.74) is 1.90. The Morgan fingerprint density at radius 1 is 1.27 bits per heavy atom. The zero-order valence-corrected chi connectivity index (χ0v) is 16.1. The minimum atomic E-state index is -0.698. The summed E-state index contributed by atoms with van der Waals surface area (Å²) in [5.74, 6) is 0.765. The zero-order chi connectivity index (χ0) is 18.9. The monoisotopic (exact) mass is 357 g/mol. The molecule has 0 atom stereocenters. The molecule has 6 heteroatoms. The van der Waals surface area contributed by atoms with Crippen LogP contribution in [-0.4, -0.2) is 34.3 Å². The van der Waals surface area contributed by atoms with Crippen molar-refractivity contribution < 1.29 is 14.3 Å². The third-order valence-corrected chi connectivity index (χ3v) is 4.19. The van der Waals surface area contributed by atoms with Crippen molar-refractivity contribution in [2.24, 2.45) is 0 Å². The topological polar surface area (TPSA) is 64.9 Å². The molecule has 0 unspecified atom stereocenters. The molecule has 3 heterocycles. The van der Waals surface area contributed by atoms with Crippen molar-refractivity contribution in [1.82, 2.24) is 14.7 Å². The van der Waals surface area contributed by atoms with E-state index in [1.165, 1.54) is 5.57 Å². The van der Waals surface area contributed by atoms with Gasteiger partial charge in [-0.3, -0.25) is 0 Å². The molecule has 0 saturated heterocycles. The molecule has 1 aliphatic heterocycles. The molecule has 26 heavy (non-hydrogen) atoms. The highest BCUT2D eigenvalue weighted by atomic mass is 16.6. The molecule has 2 aromatic rings. The number of amides is 1. The lowest BCUT2D eigenvalue weighted by Crippen LogP contribution is -2.44. The van der Waals surface area contributed by atoms with Crippen molar-refractivity contribution in [3.8, 4) is 0 Å². The summed E-state index contributed by atoms with van der Waals surface area (Å²) in [7, 11) is 0. The van der Waals surface area contributed by atoms with Crippen molar-refractivity contribution in [1.29, 1.82) is 0 Å². The average Bonchev–Trinajstić information content (AvgIpc) is 2.94. The van der Waals surface area contributed by atoms with Gasteiger partial charge in [-0.2, -0.15) is 0 Å². The van der Waals surface area contributed by atoms with Crippen LogP contribution in [0.1, 0.15) is 52.6 Å². The summed E-state index contributed by atoms with van der Waals surface area (Å²) < 4.78 is 12.9. The maximum Gasteiger partial charge on any atom is 0.408 e. The summed E-state index contributed by atoms with van der Waals surface area (Å²) in [6, 6.07) is 6.01. The molecule has 0 radical (unpaired) electrons. The highest BCUT2D eigenvalue weighted by Crippen LogP contribution is 2.29. The summed E-state index contributed by atoms with van der Waals surface area (Å²) in [5, 5.41) is 2.95. The van der Waals surface area contributed by atoms with Crippen LogP contribution in [0.2, 0.25) is 0 Å². The maximum absolute atomic E-state index is 12.3. The summed E-state index contributed by atoms with van der Waals surface area (Å²) in [4.78, 5) is 17.2. The molecule has 6 nitrogen and oxygen atoms in total. The molecular weight excluding hydrogens is 330 g/mol. The normalized spacial score (nSPS) is 15.7. The van der Waals surface area contributed by atoms with Gasteiger partial charge < -0.3 is 19.2 Å². The molecule has 0 aliphatic carbocycles. The van der Waals surface area contributed by atoms with Gasteiger partial charge in [-0.1, -0.05) is 12.1 Å². The van der Waals surface area contributed by atoms with Crippen LogP contribution in [0.15, 0.2) is 30.5 Å². The molecule has 1 amide bonds. The van der Waals surface area contributed by atoms with E-state index in [2.05, 4.69) is 11.4 Å². The molecule has 140 valence electrons. The van der Waals surface area contributed by atoms with Crippen molar-refractivity contribution in [2.45, 2.75) is 52.2 Å². The quantitative estimate of drug-likeness (QED) is 0.905. The molecule has 0 spiro atoms. The number of ether oxygens (including phenoxy) is 2. The Morgan fingerprint density at radius 3 is 2.69 bits per heavy atom. The Kier molecular flexibility index (Phi) is 4.80. The number of alkyl carbamates (subject to hydrolysis) is 1. The molecule has 0 bridgehead atoms. The molecule has 1 aliphatic rings. The van der Waals surface area contributed by atoms with Gasteiger partial charge in [0.2, 0.25) is 0 Å². The van der Waals surface area contributed by atoms with Crippen molar-refractivity contribution in [3.63, 3.8) is 0 Å². The second-order valence-corrected chi connectivity index (χ2v) is 8.05. The van der Waals surface area contributed by atoms with E-state index in [1.54, 1.807) is 0 Å². The summed E-state index contributed by atoms with van der Waals surface area (Å²) in [6.45, 7) is 10.7. The van der Waals surface area contributed by atoms with E-state index in [-0.39, 0.29) is 0 Å². The highest BCUT2D eigenvalue weighted by Gasteiger charge is 2.31. The Labute approximate surface area is 154 Å². The average molecular weight is 357 g/mol. The number of nitrogens with one attached hydrogen (secondary N) is 1. The van der Waals surface area contributed by atoms with Crippen LogP contribution < -0.4 is 5.32 Å². The minimum absolute atomic E-state index is 0.456. The molecule has 0 aromatic carbocycles. The summed E-state index contributed by atoms with van der Waals surface area (Å²) in [6.07, 6.45) is 4.43. The van der Waals surface area contributed by atoms with E-state index in [0.717, 1.165) is 23.5 Å². The molecule has 2 aromatic heterocycles. The number of carbonyl (C=O) groups excluding carboxylic acids is 1. The lowest BCUT2D eigenvalue weighted by atomic mass is 10.1. The lowest BCUT2D eigenvalue weighted by molar-refractivity contribution is 0.0466. The van der Waals surface area contributed by atoms with Crippen LogP contribution in [0.25, 0.3) is 11.1 Å². The van der Waals surface area contributed by atoms with Gasteiger partial charge in [-0.05, 0) is 58.7 Å². The Hall–Kier alpha value is -2.34. The first kappa shape index (κ1) is 18.5. The number of aromatic nitrogens is 2. The van der Waals surface area contributed by atoms with Gasteiger partial charge in [-0.15, -0.1) is 0 Å². The van der Waals surface area contributed by atoms with Crippen molar-refractivity contribution in [2.75, 3.05) is 13.2 Å². The highest BCUT2D eigenvalue weighted by molar-refractivity contribution is 5.77. The van der Waals surface area contributed by atoms with E-state index in [4.69, 9.17) is 14.5 Å². The first-order valence-corrected chi connectivity index (χ1v) is 8.93. The van der Waals surface area contributed by atoms with E-state index in [9.17, 15) is 4.79 Å². The van der Waals surface area contributed by atoms with Crippen LogP contribution in [0.4, 0.5) is 4.79 Å². The largest absolute Gasteiger partial charge is 0.444 e. The second-order valence-electron chi connectivity index (χ2n) is 8.05. The predicted molar refractivity (Wildman–Crippen MR) is 101 cm³/mol. The fraction of sp³-hybridized carbons (Fsp3) is 0.500. The standard InChI is InChI=1S/C20H27N3O3/c1-19(2,3)26-18(24)22-20(4,5)17-21-16(14-9-12-25-13-10-14)15-8-6-7-11-23(15)17/h6-9,11H,10,12-13H2,1-5H3,(H,22,24). The SMILES string of the molecule is CC(C)(C)OC(=O)NC(C)(C)c1nc(C2=CCOCC2)c2ccccn12. The fourth-order valence-electron chi connectivity index (χ4n) is 3.07. The second kappa shape index (κ2) is 6.76. The number of hydrogen-bond acceptors (Lipinski definition) is 4. The van der Waals surface area contributed by atoms with Crippen molar-refractivity contribution in [3.05, 3.63) is 42.0 Å². The van der Waals surface area contributed by atoms with Gasteiger partial charge in [0.1, 0.15) is 11.4 Å². The van der Waals surface area contributed by atoms with Gasteiger partial charge in [0, 0.05) is 6.20 Å². The van der Waals surface area contributed by atoms with Gasteiger partial charge >= 0.3 is 6.09 Å². The first-order chi connectivity index (χ1) is 12.2. The number of carbonyl (C=O) groups is 1. The number of nitrogens with zero attached hydrogens (tertiary/aromatic N) is 2. The fourth-order valence-corrected chi connectivity index (χ4v) is 3.07. The third-order valence-electron chi connectivity index (χ3n) is 4.19. The van der Waals surface area contributed by atoms with Crippen LogP contribution >= 0.6 is 0 Å². The number of hydrogen-bond donors (Lipinski definition) is 1. The van der Waals surface area contributed by atoms with Gasteiger partial charge in [-0.25, -0.2) is 9.78 Å². The van der Waals surface area contributed by atoms with Gasteiger partial charge in [0.25, 0.3) is 0 Å². The van der Waals surface area contributed by atoms with Crippen LogP contribution in [0, 0.1) is 0 Å². The van der Waals surface area contributed by atoms with E-state index in [1.807, 2.05) is 63.4 Å². The molecule has 0 fully saturated rings. The first-order valence-electron chi connectivity index (χ1n) is 8.93. The van der Waals surface area contributed by atoms with Gasteiger partial charge in [0.05, 0.1) is 30.0 Å². The molecular formula is C20H27N3O3. The Balaban J connectivity index is 1.99. The van der Waals surface area contributed by atoms with Gasteiger partial charge in [0.15, 0.2) is 0 Å². The smallest absolute Gasteiger partial charge is 0.408 e. The van der Waals surface area contributed by atoms with Crippen LogP contribution in [-0.2, 0) is 15.0 Å². The van der Waals surface area contributed by atoms with E-state index >= 15 is 0 Å². The molecule has 1 N–H and O–H groups in total. The predicted octanol–water partition coefficient (Wildman–Crippen LogP) is 3.90. The number of fused-ring (bicyclic) bond motifs is 1. The number of pyridine rings is 1. The Morgan fingerprint density at radius 2 is 2.04 bits per heavy atom. The maximum atomic E-state index is 12.3. The number of imidazole rings is 1. The van der Waals surface area contributed by atoms with Crippen LogP contribution in [0.3, 0.4) is 0 Å².